The zero-order valence-electron chi connectivity index (χ0n) is 13.0. The minimum Gasteiger partial charge on any atom is -0.384 e. The van der Waals surface area contributed by atoms with E-state index in [1.54, 1.807) is 11.0 Å². The zero-order valence-corrected chi connectivity index (χ0v) is 14.0. The average Bonchev–Trinajstić information content (AvgIpc) is 2.89. The molecule has 0 fully saturated rings. The van der Waals surface area contributed by atoms with Gasteiger partial charge in [0.05, 0.1) is 6.54 Å². The predicted molar refractivity (Wildman–Crippen MR) is 86.4 cm³/mol. The maximum Gasteiger partial charge on any atom is 0.137 e. The van der Waals surface area contributed by atoms with Crippen LogP contribution in [0.25, 0.3) is 0 Å². The van der Waals surface area contributed by atoms with Crippen LogP contribution in [0.15, 0.2) is 36.9 Å². The van der Waals surface area contributed by atoms with E-state index in [1.165, 1.54) is 6.33 Å². The fourth-order valence-corrected chi connectivity index (χ4v) is 4.77. The topological polar surface area (TPSA) is 77.0 Å². The summed E-state index contributed by atoms with van der Waals surface area (Å²) in [6.45, 7) is 7.65. The van der Waals surface area contributed by atoms with Gasteiger partial charge in [0.15, 0.2) is 0 Å². The monoisotopic (exact) mass is 304 g/mol. The lowest BCUT2D eigenvalue weighted by molar-refractivity contribution is 0.0331. The summed E-state index contributed by atoms with van der Waals surface area (Å²) >= 11 is 0. The van der Waals surface area contributed by atoms with Crippen molar-refractivity contribution in [3.8, 4) is 0 Å². The van der Waals surface area contributed by atoms with Gasteiger partial charge in [-0.25, -0.2) is 9.67 Å². The van der Waals surface area contributed by atoms with Gasteiger partial charge in [0.25, 0.3) is 0 Å². The van der Waals surface area contributed by atoms with E-state index in [2.05, 4.69) is 29.7 Å². The van der Waals surface area contributed by atoms with E-state index in [0.29, 0.717) is 13.1 Å². The minimum absolute atomic E-state index is 0.408. The Kier molecular flexibility index (Phi) is 4.60. The molecule has 0 radical (unpaired) electrons. The Morgan fingerprint density at radius 3 is 2.67 bits per heavy atom. The molecule has 0 spiro atoms. The molecule has 2 rings (SSSR count). The largest absolute Gasteiger partial charge is 0.384 e. The third kappa shape index (κ3) is 4.23. The first kappa shape index (κ1) is 15.9. The highest BCUT2D eigenvalue weighted by Gasteiger charge is 2.35. The Hall–Kier alpha value is -1.50. The van der Waals surface area contributed by atoms with Crippen LogP contribution < -0.4 is 5.73 Å². The molecule has 1 heterocycles. The van der Waals surface area contributed by atoms with E-state index < -0.39 is 13.7 Å². The first-order valence-electron chi connectivity index (χ1n) is 7.17. The maximum atomic E-state index is 11.3. The Morgan fingerprint density at radius 1 is 1.33 bits per heavy atom. The molecule has 0 aliphatic heterocycles. The molecule has 3 N–H and O–H groups in total. The molecule has 114 valence electrons. The van der Waals surface area contributed by atoms with Crippen molar-refractivity contribution in [3.63, 3.8) is 0 Å². The van der Waals surface area contributed by atoms with Gasteiger partial charge in [-0.3, -0.25) is 0 Å². The number of hydrogen-bond donors (Lipinski definition) is 2. The van der Waals surface area contributed by atoms with E-state index >= 15 is 0 Å². The van der Waals surface area contributed by atoms with Crippen molar-refractivity contribution < 1.29 is 5.11 Å². The van der Waals surface area contributed by atoms with Crippen LogP contribution in [0.1, 0.15) is 11.1 Å². The van der Waals surface area contributed by atoms with E-state index in [4.69, 9.17) is 5.73 Å². The molecule has 1 unspecified atom stereocenters. The molecule has 0 aliphatic carbocycles. The lowest BCUT2D eigenvalue weighted by atomic mass is 9.94. The summed E-state index contributed by atoms with van der Waals surface area (Å²) in [6.07, 6.45) is 3.13. The third-order valence-electron chi connectivity index (χ3n) is 3.41. The van der Waals surface area contributed by atoms with Gasteiger partial charge in [0.1, 0.15) is 18.3 Å². The highest BCUT2D eigenvalue weighted by molar-refractivity contribution is 6.76. The summed E-state index contributed by atoms with van der Waals surface area (Å²) < 4.78 is 1.69. The second-order valence-electron chi connectivity index (χ2n) is 6.77. The van der Waals surface area contributed by atoms with Crippen molar-refractivity contribution in [2.75, 3.05) is 0 Å². The van der Waals surface area contributed by atoms with Crippen molar-refractivity contribution in [1.82, 2.24) is 14.8 Å². The summed E-state index contributed by atoms with van der Waals surface area (Å²) in [4.78, 5) is 3.96. The average molecular weight is 304 g/mol. The molecule has 1 aromatic heterocycles. The predicted octanol–water partition coefficient (Wildman–Crippen LogP) is 1.96. The summed E-state index contributed by atoms with van der Waals surface area (Å²) in [7, 11) is -1.48. The number of benzene rings is 1. The van der Waals surface area contributed by atoms with Crippen molar-refractivity contribution in [3.05, 3.63) is 48.0 Å². The number of aliphatic hydroxyl groups is 1. The van der Waals surface area contributed by atoms with Gasteiger partial charge in [0.2, 0.25) is 0 Å². The maximum absolute atomic E-state index is 11.3. The molecule has 1 atom stereocenters. The lowest BCUT2D eigenvalue weighted by Crippen LogP contribution is -2.39. The lowest BCUT2D eigenvalue weighted by Gasteiger charge is -2.34. The van der Waals surface area contributed by atoms with Gasteiger partial charge in [-0.2, -0.15) is 5.10 Å². The summed E-state index contributed by atoms with van der Waals surface area (Å²) in [6, 6.07) is 8.66. The summed E-state index contributed by atoms with van der Waals surface area (Å²) in [5.74, 6) is 0. The standard InChI is InChI=1S/C15H24N4OSi/c1-21(2,3)10-15(20,9-19-12-17-11-18-19)14-6-4-5-13(7-14)8-16/h4-7,11-12,20H,8-10,16H2,1-3H3. The second kappa shape index (κ2) is 6.09. The number of aromatic nitrogens is 3. The molecule has 5 nitrogen and oxygen atoms in total. The Labute approximate surface area is 126 Å². The molecule has 0 saturated carbocycles. The van der Waals surface area contributed by atoms with Crippen LogP contribution in [0.3, 0.4) is 0 Å². The van der Waals surface area contributed by atoms with Crippen LogP contribution in [0, 0.1) is 0 Å². The quantitative estimate of drug-likeness (QED) is 0.800. The van der Waals surface area contributed by atoms with E-state index in [9.17, 15) is 5.11 Å². The van der Waals surface area contributed by atoms with Gasteiger partial charge in [0, 0.05) is 14.6 Å². The number of nitrogens with zero attached hydrogens (tertiary/aromatic N) is 3. The molecule has 6 heteroatoms. The SMILES string of the molecule is C[Si](C)(C)CC(O)(Cn1cncn1)c1cccc(CN)c1. The van der Waals surface area contributed by atoms with Gasteiger partial charge >= 0.3 is 0 Å². The van der Waals surface area contributed by atoms with Crippen LogP contribution in [0.5, 0.6) is 0 Å². The highest BCUT2D eigenvalue weighted by atomic mass is 28.3. The number of nitrogens with two attached hydrogens (primary N) is 1. The molecule has 0 saturated heterocycles. The normalized spacial score (nSPS) is 14.9. The fourth-order valence-electron chi connectivity index (χ4n) is 2.70. The smallest absolute Gasteiger partial charge is 0.137 e. The first-order chi connectivity index (χ1) is 9.82. The number of rotatable bonds is 6. The van der Waals surface area contributed by atoms with Crippen LogP contribution in [-0.4, -0.2) is 27.9 Å². The Morgan fingerprint density at radius 2 is 2.10 bits per heavy atom. The minimum atomic E-state index is -1.48. The van der Waals surface area contributed by atoms with Crippen LogP contribution in [0.4, 0.5) is 0 Å². The van der Waals surface area contributed by atoms with E-state index in [1.807, 2.05) is 24.3 Å². The summed E-state index contributed by atoms with van der Waals surface area (Å²) in [5, 5.41) is 15.5. The van der Waals surface area contributed by atoms with Gasteiger partial charge in [-0.15, -0.1) is 0 Å². The summed E-state index contributed by atoms with van der Waals surface area (Å²) in [5.41, 5.74) is 6.72. The van der Waals surface area contributed by atoms with Crippen molar-refractivity contribution in [1.29, 1.82) is 0 Å². The third-order valence-corrected chi connectivity index (χ3v) is 5.06. The Bertz CT molecular complexity index is 580. The van der Waals surface area contributed by atoms with Gasteiger partial charge < -0.3 is 10.8 Å². The Balaban J connectivity index is 2.38. The van der Waals surface area contributed by atoms with E-state index in [-0.39, 0.29) is 0 Å². The molecule has 0 aliphatic rings. The molecule has 0 bridgehead atoms. The molecule has 2 aromatic rings. The second-order valence-corrected chi connectivity index (χ2v) is 12.2. The van der Waals surface area contributed by atoms with Gasteiger partial charge in [-0.05, 0) is 17.2 Å². The van der Waals surface area contributed by atoms with Crippen molar-refractivity contribution >= 4 is 8.07 Å². The van der Waals surface area contributed by atoms with Crippen molar-refractivity contribution in [2.24, 2.45) is 5.73 Å². The van der Waals surface area contributed by atoms with Crippen molar-refractivity contribution in [2.45, 2.75) is 44.4 Å². The molecule has 21 heavy (non-hydrogen) atoms. The zero-order chi connectivity index (χ0) is 15.5. The number of hydrogen-bond acceptors (Lipinski definition) is 4. The van der Waals surface area contributed by atoms with Crippen LogP contribution in [0.2, 0.25) is 25.7 Å². The van der Waals surface area contributed by atoms with Crippen LogP contribution in [-0.2, 0) is 18.7 Å². The molecular weight excluding hydrogens is 280 g/mol. The van der Waals surface area contributed by atoms with E-state index in [0.717, 1.165) is 17.2 Å². The van der Waals surface area contributed by atoms with Gasteiger partial charge in [-0.1, -0.05) is 43.9 Å². The molecule has 1 aromatic carbocycles. The fraction of sp³-hybridized carbons (Fsp3) is 0.467. The molecule has 0 amide bonds. The highest BCUT2D eigenvalue weighted by Crippen LogP contribution is 2.33. The van der Waals surface area contributed by atoms with Crippen LogP contribution >= 0.6 is 0 Å². The molecular formula is C15H24N4OSi. The first-order valence-corrected chi connectivity index (χ1v) is 10.9.